The third kappa shape index (κ3) is 3.54. The Morgan fingerprint density at radius 3 is 2.71 bits per heavy atom. The molecule has 24 heavy (non-hydrogen) atoms. The number of morpholine rings is 1. The number of aromatic nitrogens is 2. The van der Waals surface area contributed by atoms with Gasteiger partial charge in [-0.05, 0) is 19.1 Å². The average molecular weight is 326 g/mol. The molecule has 6 heteroatoms. The Morgan fingerprint density at radius 2 is 2.00 bits per heavy atom. The molecule has 2 aromatic rings. The molecule has 2 heterocycles. The van der Waals surface area contributed by atoms with Crippen LogP contribution in [0.3, 0.4) is 0 Å². The second-order valence-corrected chi connectivity index (χ2v) is 6.07. The Balaban J connectivity index is 1.80. The van der Waals surface area contributed by atoms with E-state index in [1.807, 2.05) is 67.2 Å². The Hall–Kier alpha value is -2.47. The Bertz CT molecular complexity index is 718. The van der Waals surface area contributed by atoms with Gasteiger partial charge in [-0.15, -0.1) is 0 Å². The summed E-state index contributed by atoms with van der Waals surface area (Å²) in [4.78, 5) is 25.3. The molecular weight excluding hydrogens is 304 g/mol. The lowest BCUT2D eigenvalue weighted by Gasteiger charge is -2.33. The molecule has 1 aliphatic rings. The van der Waals surface area contributed by atoms with Gasteiger partial charge in [0.2, 0.25) is 0 Å². The highest BCUT2D eigenvalue weighted by molar-refractivity contribution is 5.94. The van der Waals surface area contributed by atoms with Crippen molar-refractivity contribution in [2.75, 3.05) is 38.7 Å². The third-order valence-corrected chi connectivity index (χ3v) is 4.01. The largest absolute Gasteiger partial charge is 0.368 e. The van der Waals surface area contributed by atoms with E-state index in [-0.39, 0.29) is 12.0 Å². The molecule has 0 spiro atoms. The molecule has 0 unspecified atom stereocenters. The van der Waals surface area contributed by atoms with Gasteiger partial charge in [-0.3, -0.25) is 4.79 Å². The number of nitrogens with zero attached hydrogens (tertiary/aromatic N) is 4. The van der Waals surface area contributed by atoms with Crippen LogP contribution < -0.4 is 4.90 Å². The number of amides is 1. The van der Waals surface area contributed by atoms with Crippen molar-refractivity contribution >= 4 is 11.7 Å². The molecule has 126 valence electrons. The molecule has 6 nitrogen and oxygen atoms in total. The van der Waals surface area contributed by atoms with Gasteiger partial charge in [-0.1, -0.05) is 18.2 Å². The van der Waals surface area contributed by atoms with E-state index in [2.05, 4.69) is 9.97 Å². The maximum atomic E-state index is 12.6. The van der Waals surface area contributed by atoms with Gasteiger partial charge in [0, 0.05) is 32.3 Å². The standard InChI is InChI=1S/C18H22N4O2/c1-13-19-15(11-17(20-13)21(2)3)16-12-22(9-10-24-16)18(23)14-7-5-4-6-8-14/h4-8,11,16H,9-10,12H2,1-3H3/t16-/m1/s1. The van der Waals surface area contributed by atoms with E-state index >= 15 is 0 Å². The summed E-state index contributed by atoms with van der Waals surface area (Å²) in [6.07, 6.45) is -0.230. The zero-order chi connectivity index (χ0) is 17.1. The summed E-state index contributed by atoms with van der Waals surface area (Å²) in [5, 5.41) is 0. The lowest BCUT2D eigenvalue weighted by molar-refractivity contribution is -0.0248. The van der Waals surface area contributed by atoms with Gasteiger partial charge in [0.1, 0.15) is 17.7 Å². The van der Waals surface area contributed by atoms with Gasteiger partial charge in [-0.25, -0.2) is 9.97 Å². The molecule has 1 aromatic heterocycles. The van der Waals surface area contributed by atoms with Gasteiger partial charge in [0.15, 0.2) is 0 Å². The van der Waals surface area contributed by atoms with Crippen molar-refractivity contribution in [3.05, 3.63) is 53.5 Å². The highest BCUT2D eigenvalue weighted by Crippen LogP contribution is 2.24. The summed E-state index contributed by atoms with van der Waals surface area (Å²) in [6.45, 7) is 3.46. The molecule has 1 fully saturated rings. The molecule has 1 aliphatic heterocycles. The van der Waals surface area contributed by atoms with Gasteiger partial charge in [0.25, 0.3) is 5.91 Å². The number of hydrogen-bond donors (Lipinski definition) is 0. The number of ether oxygens (including phenoxy) is 1. The van der Waals surface area contributed by atoms with Crippen molar-refractivity contribution < 1.29 is 9.53 Å². The average Bonchev–Trinajstić information content (AvgIpc) is 2.61. The molecule has 1 saturated heterocycles. The molecule has 0 bridgehead atoms. The van der Waals surface area contributed by atoms with Gasteiger partial charge >= 0.3 is 0 Å². The van der Waals surface area contributed by atoms with E-state index in [9.17, 15) is 4.79 Å². The SMILES string of the molecule is Cc1nc([C@H]2CN(C(=O)c3ccccc3)CCO2)cc(N(C)C)n1. The molecule has 0 N–H and O–H groups in total. The van der Waals surface area contributed by atoms with Crippen LogP contribution in [0.1, 0.15) is 28.0 Å². The van der Waals surface area contributed by atoms with Crippen molar-refractivity contribution in [3.8, 4) is 0 Å². The van der Waals surface area contributed by atoms with E-state index < -0.39 is 0 Å². The van der Waals surface area contributed by atoms with Crippen LogP contribution >= 0.6 is 0 Å². The first-order valence-corrected chi connectivity index (χ1v) is 8.03. The highest BCUT2D eigenvalue weighted by atomic mass is 16.5. The monoisotopic (exact) mass is 326 g/mol. The molecule has 0 radical (unpaired) electrons. The molecule has 1 amide bonds. The van der Waals surface area contributed by atoms with Crippen LogP contribution in [0.4, 0.5) is 5.82 Å². The number of benzene rings is 1. The maximum Gasteiger partial charge on any atom is 0.254 e. The van der Waals surface area contributed by atoms with E-state index in [4.69, 9.17) is 4.74 Å². The summed E-state index contributed by atoms with van der Waals surface area (Å²) < 4.78 is 5.87. The van der Waals surface area contributed by atoms with E-state index in [0.717, 1.165) is 11.5 Å². The lowest BCUT2D eigenvalue weighted by Crippen LogP contribution is -2.42. The smallest absolute Gasteiger partial charge is 0.254 e. The Labute approximate surface area is 142 Å². The topological polar surface area (TPSA) is 58.6 Å². The minimum Gasteiger partial charge on any atom is -0.368 e. The van der Waals surface area contributed by atoms with Gasteiger partial charge < -0.3 is 14.5 Å². The molecular formula is C18H22N4O2. The lowest BCUT2D eigenvalue weighted by atomic mass is 10.1. The summed E-state index contributed by atoms with van der Waals surface area (Å²) in [5.41, 5.74) is 1.52. The Kier molecular flexibility index (Phi) is 4.76. The van der Waals surface area contributed by atoms with Crippen LogP contribution in [0.25, 0.3) is 0 Å². The fraction of sp³-hybridized carbons (Fsp3) is 0.389. The van der Waals surface area contributed by atoms with Crippen LogP contribution in [0.2, 0.25) is 0 Å². The van der Waals surface area contributed by atoms with Crippen molar-refractivity contribution in [2.45, 2.75) is 13.0 Å². The molecule has 0 aliphatic carbocycles. The van der Waals surface area contributed by atoms with Crippen LogP contribution in [0, 0.1) is 6.92 Å². The first-order chi connectivity index (χ1) is 11.5. The van der Waals surface area contributed by atoms with Crippen molar-refractivity contribution in [1.82, 2.24) is 14.9 Å². The minimum atomic E-state index is -0.230. The number of rotatable bonds is 3. The van der Waals surface area contributed by atoms with E-state index in [1.165, 1.54) is 0 Å². The predicted octanol–water partition coefficient (Wildman–Crippen LogP) is 2.06. The van der Waals surface area contributed by atoms with Gasteiger partial charge in [0.05, 0.1) is 18.8 Å². The second-order valence-electron chi connectivity index (χ2n) is 6.07. The fourth-order valence-corrected chi connectivity index (χ4v) is 2.74. The van der Waals surface area contributed by atoms with Gasteiger partial charge in [-0.2, -0.15) is 0 Å². The molecule has 1 aromatic carbocycles. The molecule has 3 rings (SSSR count). The van der Waals surface area contributed by atoms with Crippen LogP contribution in [0.5, 0.6) is 0 Å². The summed E-state index contributed by atoms with van der Waals surface area (Å²) >= 11 is 0. The maximum absolute atomic E-state index is 12.6. The summed E-state index contributed by atoms with van der Waals surface area (Å²) in [6, 6.07) is 11.3. The fourth-order valence-electron chi connectivity index (χ4n) is 2.74. The summed E-state index contributed by atoms with van der Waals surface area (Å²) in [5.74, 6) is 1.57. The minimum absolute atomic E-state index is 0.0301. The Morgan fingerprint density at radius 1 is 1.25 bits per heavy atom. The van der Waals surface area contributed by atoms with Crippen molar-refractivity contribution in [1.29, 1.82) is 0 Å². The van der Waals surface area contributed by atoms with Crippen molar-refractivity contribution in [3.63, 3.8) is 0 Å². The summed E-state index contributed by atoms with van der Waals surface area (Å²) in [7, 11) is 3.89. The zero-order valence-electron chi connectivity index (χ0n) is 14.3. The number of hydrogen-bond acceptors (Lipinski definition) is 5. The van der Waals surface area contributed by atoms with Crippen LogP contribution in [-0.4, -0.2) is 54.6 Å². The van der Waals surface area contributed by atoms with E-state index in [1.54, 1.807) is 0 Å². The third-order valence-electron chi connectivity index (χ3n) is 4.01. The zero-order valence-corrected chi connectivity index (χ0v) is 14.3. The number of carbonyl (C=O) groups is 1. The number of anilines is 1. The van der Waals surface area contributed by atoms with E-state index in [0.29, 0.717) is 31.1 Å². The van der Waals surface area contributed by atoms with Crippen molar-refractivity contribution in [2.24, 2.45) is 0 Å². The second kappa shape index (κ2) is 6.97. The number of carbonyl (C=O) groups excluding carboxylic acids is 1. The highest BCUT2D eigenvalue weighted by Gasteiger charge is 2.27. The quantitative estimate of drug-likeness (QED) is 0.864. The first kappa shape index (κ1) is 16.4. The first-order valence-electron chi connectivity index (χ1n) is 8.03. The normalized spacial score (nSPS) is 17.6. The molecule has 0 saturated carbocycles. The number of aryl methyl sites for hydroxylation is 1. The van der Waals surface area contributed by atoms with Crippen LogP contribution in [0.15, 0.2) is 36.4 Å². The predicted molar refractivity (Wildman–Crippen MR) is 92.1 cm³/mol. The van der Waals surface area contributed by atoms with Crippen LogP contribution in [-0.2, 0) is 4.74 Å². The molecule has 1 atom stereocenters.